The standard InChI is InChI=1S/C13H27N3O2/c1-5-11-8-18-10(4)6-16(11)7-12(13(14)17)15-9(2)3/h9-12,15H,5-8H2,1-4H3,(H2,14,17). The summed E-state index contributed by atoms with van der Waals surface area (Å²) in [5.74, 6) is -0.280. The van der Waals surface area contributed by atoms with Crippen LogP contribution in [0.5, 0.6) is 0 Å². The van der Waals surface area contributed by atoms with Crippen molar-refractivity contribution < 1.29 is 9.53 Å². The first-order chi connectivity index (χ1) is 8.43. The lowest BCUT2D eigenvalue weighted by molar-refractivity contribution is -0.122. The number of carbonyl (C=O) groups is 1. The number of morpholine rings is 1. The Bertz CT molecular complexity index is 271. The van der Waals surface area contributed by atoms with Gasteiger partial charge in [-0.3, -0.25) is 9.69 Å². The minimum absolute atomic E-state index is 0.223. The maximum Gasteiger partial charge on any atom is 0.235 e. The van der Waals surface area contributed by atoms with Crippen LogP contribution in [0.25, 0.3) is 0 Å². The molecule has 0 saturated carbocycles. The minimum Gasteiger partial charge on any atom is -0.376 e. The van der Waals surface area contributed by atoms with Crippen molar-refractivity contribution in [3.8, 4) is 0 Å². The second kappa shape index (κ2) is 7.07. The number of nitrogens with one attached hydrogen (secondary N) is 1. The third-order valence-corrected chi connectivity index (χ3v) is 3.35. The molecule has 1 heterocycles. The van der Waals surface area contributed by atoms with Crippen molar-refractivity contribution in [2.24, 2.45) is 5.73 Å². The number of hydrogen-bond donors (Lipinski definition) is 2. The largest absolute Gasteiger partial charge is 0.376 e. The maximum absolute atomic E-state index is 11.5. The Morgan fingerprint density at radius 2 is 2.22 bits per heavy atom. The van der Waals surface area contributed by atoms with E-state index in [-0.39, 0.29) is 24.1 Å². The topological polar surface area (TPSA) is 67.6 Å². The van der Waals surface area contributed by atoms with Gasteiger partial charge in [-0.15, -0.1) is 0 Å². The van der Waals surface area contributed by atoms with Gasteiger partial charge in [0.25, 0.3) is 0 Å². The Hall–Kier alpha value is -0.650. The lowest BCUT2D eigenvalue weighted by atomic mass is 10.1. The average Bonchev–Trinajstić information content (AvgIpc) is 2.27. The summed E-state index contributed by atoms with van der Waals surface area (Å²) in [7, 11) is 0. The Labute approximate surface area is 110 Å². The first-order valence-electron chi connectivity index (χ1n) is 6.85. The lowest BCUT2D eigenvalue weighted by Crippen LogP contribution is -2.57. The molecule has 1 fully saturated rings. The van der Waals surface area contributed by atoms with E-state index in [1.807, 2.05) is 13.8 Å². The maximum atomic E-state index is 11.5. The number of nitrogens with zero attached hydrogens (tertiary/aromatic N) is 1. The van der Waals surface area contributed by atoms with Crippen molar-refractivity contribution in [2.75, 3.05) is 19.7 Å². The van der Waals surface area contributed by atoms with E-state index >= 15 is 0 Å². The van der Waals surface area contributed by atoms with Crippen molar-refractivity contribution in [1.82, 2.24) is 10.2 Å². The first kappa shape index (κ1) is 15.4. The quantitative estimate of drug-likeness (QED) is 0.720. The SMILES string of the molecule is CCC1COC(C)CN1CC(NC(C)C)C(N)=O. The number of rotatable bonds is 6. The molecule has 1 saturated heterocycles. The molecule has 0 bridgehead atoms. The number of nitrogens with two attached hydrogens (primary N) is 1. The van der Waals surface area contributed by atoms with Gasteiger partial charge in [0.15, 0.2) is 0 Å². The van der Waals surface area contributed by atoms with E-state index < -0.39 is 0 Å². The van der Waals surface area contributed by atoms with Gasteiger partial charge in [0.1, 0.15) is 0 Å². The van der Waals surface area contributed by atoms with Crippen LogP contribution >= 0.6 is 0 Å². The van der Waals surface area contributed by atoms with Crippen molar-refractivity contribution in [3.05, 3.63) is 0 Å². The molecule has 0 aromatic carbocycles. The fourth-order valence-electron chi connectivity index (χ4n) is 2.37. The molecule has 1 rings (SSSR count). The molecule has 18 heavy (non-hydrogen) atoms. The second-order valence-electron chi connectivity index (χ2n) is 5.44. The molecule has 0 aromatic rings. The van der Waals surface area contributed by atoms with Crippen LogP contribution in [0.2, 0.25) is 0 Å². The summed E-state index contributed by atoms with van der Waals surface area (Å²) in [5.41, 5.74) is 5.46. The smallest absolute Gasteiger partial charge is 0.235 e. The molecule has 1 aliphatic heterocycles. The molecule has 3 unspecified atom stereocenters. The molecular formula is C13H27N3O2. The Kier molecular flexibility index (Phi) is 6.05. The molecule has 3 N–H and O–H groups in total. The van der Waals surface area contributed by atoms with E-state index in [9.17, 15) is 4.79 Å². The molecule has 1 aliphatic rings. The summed E-state index contributed by atoms with van der Waals surface area (Å²) >= 11 is 0. The molecule has 5 nitrogen and oxygen atoms in total. The number of carbonyl (C=O) groups excluding carboxylic acids is 1. The minimum atomic E-state index is -0.288. The van der Waals surface area contributed by atoms with Crippen molar-refractivity contribution in [1.29, 1.82) is 0 Å². The first-order valence-corrected chi connectivity index (χ1v) is 6.85. The van der Waals surface area contributed by atoms with Gasteiger partial charge in [-0.1, -0.05) is 20.8 Å². The zero-order chi connectivity index (χ0) is 13.7. The van der Waals surface area contributed by atoms with Crippen LogP contribution in [0.3, 0.4) is 0 Å². The zero-order valence-electron chi connectivity index (χ0n) is 12.0. The normalized spacial score (nSPS) is 27.4. The molecule has 3 atom stereocenters. The van der Waals surface area contributed by atoms with Crippen molar-refractivity contribution in [3.63, 3.8) is 0 Å². The van der Waals surface area contributed by atoms with Gasteiger partial charge in [-0.2, -0.15) is 0 Å². The molecule has 0 spiro atoms. The van der Waals surface area contributed by atoms with Crippen LogP contribution < -0.4 is 11.1 Å². The summed E-state index contributed by atoms with van der Waals surface area (Å²) in [6.45, 7) is 10.5. The van der Waals surface area contributed by atoms with Crippen molar-refractivity contribution in [2.45, 2.75) is 58.3 Å². The van der Waals surface area contributed by atoms with E-state index in [0.29, 0.717) is 12.6 Å². The van der Waals surface area contributed by atoms with Crippen LogP contribution in [0.4, 0.5) is 0 Å². The predicted octanol–water partition coefficient (Wildman–Crippen LogP) is 0.338. The molecule has 0 radical (unpaired) electrons. The van der Waals surface area contributed by atoms with E-state index in [2.05, 4.69) is 24.1 Å². The Balaban J connectivity index is 2.61. The van der Waals surface area contributed by atoms with Crippen molar-refractivity contribution >= 4 is 5.91 Å². The van der Waals surface area contributed by atoms with Gasteiger partial charge in [0.05, 0.1) is 18.8 Å². The Morgan fingerprint density at radius 1 is 1.56 bits per heavy atom. The highest BCUT2D eigenvalue weighted by molar-refractivity contribution is 5.80. The highest BCUT2D eigenvalue weighted by atomic mass is 16.5. The van der Waals surface area contributed by atoms with E-state index in [0.717, 1.165) is 19.6 Å². The van der Waals surface area contributed by atoms with Gasteiger partial charge >= 0.3 is 0 Å². The molecular weight excluding hydrogens is 230 g/mol. The van der Waals surface area contributed by atoms with Gasteiger partial charge < -0.3 is 15.8 Å². The fraction of sp³-hybridized carbons (Fsp3) is 0.923. The highest BCUT2D eigenvalue weighted by Gasteiger charge is 2.29. The highest BCUT2D eigenvalue weighted by Crippen LogP contribution is 2.14. The monoisotopic (exact) mass is 257 g/mol. The van der Waals surface area contributed by atoms with Gasteiger partial charge in [-0.25, -0.2) is 0 Å². The summed E-state index contributed by atoms with van der Waals surface area (Å²) in [6.07, 6.45) is 1.25. The molecule has 0 aliphatic carbocycles. The summed E-state index contributed by atoms with van der Waals surface area (Å²) < 4.78 is 5.66. The van der Waals surface area contributed by atoms with Crippen LogP contribution in [0.15, 0.2) is 0 Å². The third-order valence-electron chi connectivity index (χ3n) is 3.35. The summed E-state index contributed by atoms with van der Waals surface area (Å²) in [5, 5.41) is 3.23. The number of amides is 1. The van der Waals surface area contributed by atoms with Crippen LogP contribution in [0, 0.1) is 0 Å². The van der Waals surface area contributed by atoms with Crippen LogP contribution in [-0.2, 0) is 9.53 Å². The van der Waals surface area contributed by atoms with Crippen LogP contribution in [0.1, 0.15) is 34.1 Å². The molecule has 0 aromatic heterocycles. The lowest BCUT2D eigenvalue weighted by Gasteiger charge is -2.39. The van der Waals surface area contributed by atoms with Crippen LogP contribution in [-0.4, -0.2) is 54.7 Å². The second-order valence-corrected chi connectivity index (χ2v) is 5.44. The fourth-order valence-corrected chi connectivity index (χ4v) is 2.37. The zero-order valence-corrected chi connectivity index (χ0v) is 12.0. The van der Waals surface area contributed by atoms with E-state index in [4.69, 9.17) is 10.5 Å². The predicted molar refractivity (Wildman–Crippen MR) is 72.3 cm³/mol. The summed E-state index contributed by atoms with van der Waals surface area (Å²) in [4.78, 5) is 13.8. The number of primary amides is 1. The van der Waals surface area contributed by atoms with Gasteiger partial charge in [0.2, 0.25) is 5.91 Å². The van der Waals surface area contributed by atoms with E-state index in [1.54, 1.807) is 0 Å². The number of ether oxygens (including phenoxy) is 1. The van der Waals surface area contributed by atoms with Gasteiger partial charge in [0, 0.05) is 25.2 Å². The number of hydrogen-bond acceptors (Lipinski definition) is 4. The Morgan fingerprint density at radius 3 is 2.72 bits per heavy atom. The molecule has 106 valence electrons. The molecule has 1 amide bonds. The molecule has 5 heteroatoms. The summed E-state index contributed by atoms with van der Waals surface area (Å²) in [6, 6.07) is 0.349. The van der Waals surface area contributed by atoms with E-state index in [1.165, 1.54) is 0 Å². The third kappa shape index (κ3) is 4.55. The average molecular weight is 257 g/mol. The van der Waals surface area contributed by atoms with Gasteiger partial charge in [-0.05, 0) is 13.3 Å².